The number of hydrogen-bond donors (Lipinski definition) is 2. The number of nitrogens with zero attached hydrogens (tertiary/aromatic N) is 1. The minimum atomic E-state index is -3.61. The van der Waals surface area contributed by atoms with Crippen LogP contribution >= 0.6 is 11.3 Å². The van der Waals surface area contributed by atoms with Crippen LogP contribution in [0, 0.1) is 0 Å². The molecule has 2 N–H and O–H groups in total. The number of nitrogens with one attached hydrogen (secondary N) is 1. The monoisotopic (exact) mass is 278 g/mol. The van der Waals surface area contributed by atoms with E-state index < -0.39 is 16.2 Å². The molecule has 0 amide bonds. The Morgan fingerprint density at radius 1 is 1.59 bits per heavy atom. The molecule has 0 aliphatic rings. The summed E-state index contributed by atoms with van der Waals surface area (Å²) in [4.78, 5) is 10.3. The van der Waals surface area contributed by atoms with Gasteiger partial charge in [-0.3, -0.25) is 4.79 Å². The van der Waals surface area contributed by atoms with Gasteiger partial charge in [0.2, 0.25) is 0 Å². The fraction of sp³-hybridized carbons (Fsp3) is 0.444. The highest BCUT2D eigenvalue weighted by atomic mass is 32.2. The van der Waals surface area contributed by atoms with Crippen LogP contribution in [-0.4, -0.2) is 37.4 Å². The van der Waals surface area contributed by atoms with Gasteiger partial charge < -0.3 is 5.11 Å². The van der Waals surface area contributed by atoms with Gasteiger partial charge in [-0.15, -0.1) is 0 Å². The second kappa shape index (κ2) is 6.10. The van der Waals surface area contributed by atoms with Crippen LogP contribution in [0.15, 0.2) is 16.8 Å². The number of carboxylic acids is 1. The summed E-state index contributed by atoms with van der Waals surface area (Å²) in [5.41, 5.74) is 0.880. The molecule has 0 atom stereocenters. The van der Waals surface area contributed by atoms with Crippen LogP contribution in [0.3, 0.4) is 0 Å². The molecule has 0 saturated carbocycles. The third-order valence-corrected chi connectivity index (χ3v) is 4.33. The van der Waals surface area contributed by atoms with E-state index in [0.717, 1.165) is 9.87 Å². The zero-order valence-corrected chi connectivity index (χ0v) is 10.9. The normalized spacial score (nSPS) is 11.9. The van der Waals surface area contributed by atoms with Crippen LogP contribution in [0.25, 0.3) is 0 Å². The molecule has 0 saturated heterocycles. The molecule has 17 heavy (non-hydrogen) atoms. The van der Waals surface area contributed by atoms with Crippen LogP contribution in [0.5, 0.6) is 0 Å². The molecule has 6 nitrogen and oxygen atoms in total. The minimum absolute atomic E-state index is 0.0473. The number of hydrogen-bond acceptors (Lipinski definition) is 4. The SMILES string of the molecule is CN(CCC(=O)O)S(=O)(=O)NCc1ccsc1. The summed E-state index contributed by atoms with van der Waals surface area (Å²) in [5.74, 6) is -1.02. The molecule has 1 aromatic rings. The zero-order valence-electron chi connectivity index (χ0n) is 9.29. The Labute approximate surface area is 104 Å². The first-order valence-electron chi connectivity index (χ1n) is 4.85. The molecule has 0 fully saturated rings. The summed E-state index contributed by atoms with van der Waals surface area (Å²) in [5, 5.41) is 12.2. The lowest BCUT2D eigenvalue weighted by Crippen LogP contribution is -2.38. The third-order valence-electron chi connectivity index (χ3n) is 2.09. The molecular weight excluding hydrogens is 264 g/mol. The number of carbonyl (C=O) groups is 1. The Bertz CT molecular complexity index is 455. The van der Waals surface area contributed by atoms with Crippen molar-refractivity contribution in [2.75, 3.05) is 13.6 Å². The maximum atomic E-state index is 11.7. The van der Waals surface area contributed by atoms with Crippen molar-refractivity contribution < 1.29 is 18.3 Å². The zero-order chi connectivity index (χ0) is 12.9. The largest absolute Gasteiger partial charge is 0.481 e. The van der Waals surface area contributed by atoms with E-state index in [4.69, 9.17) is 5.11 Å². The second-order valence-electron chi connectivity index (χ2n) is 3.42. The van der Waals surface area contributed by atoms with E-state index in [2.05, 4.69) is 4.72 Å². The molecule has 0 aromatic carbocycles. The number of rotatable bonds is 7. The van der Waals surface area contributed by atoms with E-state index in [-0.39, 0.29) is 19.5 Å². The second-order valence-corrected chi connectivity index (χ2v) is 6.07. The van der Waals surface area contributed by atoms with E-state index in [0.29, 0.717) is 0 Å². The van der Waals surface area contributed by atoms with Gasteiger partial charge in [-0.25, -0.2) is 0 Å². The highest BCUT2D eigenvalue weighted by molar-refractivity contribution is 7.87. The summed E-state index contributed by atoms with van der Waals surface area (Å²) in [7, 11) is -2.26. The van der Waals surface area contributed by atoms with E-state index in [1.54, 1.807) is 0 Å². The molecule has 0 aliphatic carbocycles. The van der Waals surface area contributed by atoms with Crippen LogP contribution in [0.2, 0.25) is 0 Å². The summed E-state index contributed by atoms with van der Waals surface area (Å²) >= 11 is 1.49. The topological polar surface area (TPSA) is 86.7 Å². The van der Waals surface area contributed by atoms with Crippen LogP contribution in [0.4, 0.5) is 0 Å². The first-order valence-corrected chi connectivity index (χ1v) is 7.24. The highest BCUT2D eigenvalue weighted by Crippen LogP contribution is 2.06. The predicted octanol–water partition coefficient (Wildman–Crippen LogP) is 0.489. The number of carboxylic acid groups (broad SMARTS) is 1. The van der Waals surface area contributed by atoms with Gasteiger partial charge in [-0.05, 0) is 22.4 Å². The van der Waals surface area contributed by atoms with Crippen molar-refractivity contribution in [2.24, 2.45) is 0 Å². The fourth-order valence-electron chi connectivity index (χ4n) is 1.05. The smallest absolute Gasteiger partial charge is 0.304 e. The van der Waals surface area contributed by atoms with Crippen LogP contribution < -0.4 is 4.72 Å². The standard InChI is InChI=1S/C9H14N2O4S2/c1-11(4-2-9(12)13)17(14,15)10-6-8-3-5-16-7-8/h3,5,7,10H,2,4,6H2,1H3,(H,12,13). The summed E-state index contributed by atoms with van der Waals surface area (Å²) in [6.07, 6.45) is -0.212. The van der Waals surface area contributed by atoms with E-state index in [1.165, 1.54) is 18.4 Å². The van der Waals surface area contributed by atoms with E-state index in [9.17, 15) is 13.2 Å². The maximum absolute atomic E-state index is 11.7. The van der Waals surface area contributed by atoms with Gasteiger partial charge >= 0.3 is 5.97 Å². The molecule has 1 rings (SSSR count). The van der Waals surface area contributed by atoms with Crippen molar-refractivity contribution >= 4 is 27.5 Å². The lowest BCUT2D eigenvalue weighted by molar-refractivity contribution is -0.137. The van der Waals surface area contributed by atoms with Crippen LogP contribution in [0.1, 0.15) is 12.0 Å². The van der Waals surface area contributed by atoms with Crippen molar-refractivity contribution in [1.29, 1.82) is 0 Å². The third kappa shape index (κ3) is 4.82. The Kier molecular flexibility index (Phi) is 5.06. The predicted molar refractivity (Wildman–Crippen MR) is 65.0 cm³/mol. The molecule has 0 aliphatic heterocycles. The van der Waals surface area contributed by atoms with Crippen molar-refractivity contribution in [3.63, 3.8) is 0 Å². The molecule has 1 heterocycles. The van der Waals surface area contributed by atoms with Gasteiger partial charge in [0, 0.05) is 20.1 Å². The Hall–Kier alpha value is -0.960. The van der Waals surface area contributed by atoms with E-state index in [1.807, 2.05) is 16.8 Å². The van der Waals surface area contributed by atoms with Crippen molar-refractivity contribution in [2.45, 2.75) is 13.0 Å². The lowest BCUT2D eigenvalue weighted by atomic mass is 10.4. The average molecular weight is 278 g/mol. The highest BCUT2D eigenvalue weighted by Gasteiger charge is 2.17. The molecule has 0 bridgehead atoms. The quantitative estimate of drug-likeness (QED) is 0.760. The Balaban J connectivity index is 2.47. The lowest BCUT2D eigenvalue weighted by Gasteiger charge is -2.16. The minimum Gasteiger partial charge on any atom is -0.481 e. The Morgan fingerprint density at radius 3 is 2.82 bits per heavy atom. The first kappa shape index (κ1) is 14.1. The van der Waals surface area contributed by atoms with Gasteiger partial charge in [-0.2, -0.15) is 28.8 Å². The van der Waals surface area contributed by atoms with Gasteiger partial charge in [0.15, 0.2) is 0 Å². The molecule has 0 radical (unpaired) electrons. The molecule has 0 unspecified atom stereocenters. The summed E-state index contributed by atoms with van der Waals surface area (Å²) in [6, 6.07) is 1.82. The number of aliphatic carboxylic acids is 1. The average Bonchev–Trinajstić information content (AvgIpc) is 2.75. The molecule has 8 heteroatoms. The van der Waals surface area contributed by atoms with Gasteiger partial charge in [0.25, 0.3) is 10.2 Å². The first-order chi connectivity index (χ1) is 7.92. The van der Waals surface area contributed by atoms with Crippen molar-refractivity contribution in [3.8, 4) is 0 Å². The van der Waals surface area contributed by atoms with Crippen LogP contribution in [-0.2, 0) is 21.5 Å². The summed E-state index contributed by atoms with van der Waals surface area (Å²) in [6.45, 7) is 0.164. The van der Waals surface area contributed by atoms with Gasteiger partial charge in [0.1, 0.15) is 0 Å². The van der Waals surface area contributed by atoms with Crippen molar-refractivity contribution in [3.05, 3.63) is 22.4 Å². The molecule has 0 spiro atoms. The number of thiophene rings is 1. The molecular formula is C9H14N2O4S2. The maximum Gasteiger partial charge on any atom is 0.304 e. The summed E-state index contributed by atoms with van der Waals surface area (Å²) < 4.78 is 26.7. The molecule has 1 aromatic heterocycles. The molecule has 96 valence electrons. The van der Waals surface area contributed by atoms with Gasteiger partial charge in [-0.1, -0.05) is 0 Å². The van der Waals surface area contributed by atoms with E-state index >= 15 is 0 Å². The fourth-order valence-corrected chi connectivity index (χ4v) is 2.62. The Morgan fingerprint density at radius 2 is 2.29 bits per heavy atom. The van der Waals surface area contributed by atoms with Crippen molar-refractivity contribution in [1.82, 2.24) is 9.03 Å². The van der Waals surface area contributed by atoms with Gasteiger partial charge in [0.05, 0.1) is 6.42 Å².